The first kappa shape index (κ1) is 12.9. The third-order valence-electron chi connectivity index (χ3n) is 3.31. The number of nitrogens with one attached hydrogen (secondary N) is 1. The minimum atomic E-state index is 0.343. The van der Waals surface area contributed by atoms with E-state index in [1.165, 1.54) is 25.7 Å². The lowest BCUT2D eigenvalue weighted by molar-refractivity contribution is 0.171. The molecule has 1 saturated carbocycles. The van der Waals surface area contributed by atoms with Crippen molar-refractivity contribution in [2.75, 3.05) is 26.8 Å². The van der Waals surface area contributed by atoms with E-state index in [2.05, 4.69) is 12.2 Å². The highest BCUT2D eigenvalue weighted by Crippen LogP contribution is 2.48. The van der Waals surface area contributed by atoms with Gasteiger partial charge in [0.25, 0.3) is 0 Å². The molecule has 0 amide bonds. The van der Waals surface area contributed by atoms with Gasteiger partial charge in [0.2, 0.25) is 0 Å². The SMILES string of the molecule is COCCC1(CNCCCC(C)N)CC1. The summed E-state index contributed by atoms with van der Waals surface area (Å²) < 4.78 is 5.13. The molecule has 3 nitrogen and oxygen atoms in total. The Bertz CT molecular complexity index is 167. The van der Waals surface area contributed by atoms with E-state index in [0.29, 0.717) is 11.5 Å². The smallest absolute Gasteiger partial charge is 0.0468 e. The van der Waals surface area contributed by atoms with Gasteiger partial charge < -0.3 is 15.8 Å². The van der Waals surface area contributed by atoms with Gasteiger partial charge in [0.15, 0.2) is 0 Å². The van der Waals surface area contributed by atoms with Crippen molar-refractivity contribution < 1.29 is 4.74 Å². The Balaban J connectivity index is 1.95. The second-order valence-electron chi connectivity index (χ2n) is 5.04. The lowest BCUT2D eigenvalue weighted by atomic mass is 10.0. The average Bonchev–Trinajstić information content (AvgIpc) is 2.95. The van der Waals surface area contributed by atoms with Crippen LogP contribution in [0.4, 0.5) is 0 Å². The molecule has 0 spiro atoms. The molecule has 0 heterocycles. The number of hydrogen-bond donors (Lipinski definition) is 2. The fourth-order valence-corrected chi connectivity index (χ4v) is 1.91. The van der Waals surface area contributed by atoms with Crippen molar-refractivity contribution in [1.82, 2.24) is 5.32 Å². The molecule has 1 atom stereocenters. The van der Waals surface area contributed by atoms with Crippen LogP contribution in [0.5, 0.6) is 0 Å². The maximum atomic E-state index is 5.69. The quantitative estimate of drug-likeness (QED) is 0.572. The van der Waals surface area contributed by atoms with Crippen LogP contribution >= 0.6 is 0 Å². The van der Waals surface area contributed by atoms with Crippen LogP contribution in [0, 0.1) is 5.41 Å². The van der Waals surface area contributed by atoms with Gasteiger partial charge in [-0.2, -0.15) is 0 Å². The molecule has 90 valence electrons. The maximum absolute atomic E-state index is 5.69. The van der Waals surface area contributed by atoms with Crippen LogP contribution in [0.3, 0.4) is 0 Å². The van der Waals surface area contributed by atoms with Gasteiger partial charge in [0, 0.05) is 26.3 Å². The Labute approximate surface area is 93.8 Å². The van der Waals surface area contributed by atoms with Gasteiger partial charge in [0.05, 0.1) is 0 Å². The largest absolute Gasteiger partial charge is 0.385 e. The maximum Gasteiger partial charge on any atom is 0.0468 e. The minimum absolute atomic E-state index is 0.343. The van der Waals surface area contributed by atoms with E-state index in [-0.39, 0.29) is 0 Å². The first-order valence-corrected chi connectivity index (χ1v) is 6.14. The fourth-order valence-electron chi connectivity index (χ4n) is 1.91. The lowest BCUT2D eigenvalue weighted by Gasteiger charge is -2.15. The first-order chi connectivity index (χ1) is 7.18. The number of hydrogen-bond acceptors (Lipinski definition) is 3. The highest BCUT2D eigenvalue weighted by atomic mass is 16.5. The summed E-state index contributed by atoms with van der Waals surface area (Å²) in [4.78, 5) is 0. The Hall–Kier alpha value is -0.120. The molecule has 0 aromatic carbocycles. The molecule has 1 aliphatic carbocycles. The van der Waals surface area contributed by atoms with Gasteiger partial charge in [-0.05, 0) is 51.0 Å². The fraction of sp³-hybridized carbons (Fsp3) is 1.00. The number of rotatable bonds is 9. The van der Waals surface area contributed by atoms with Gasteiger partial charge in [-0.15, -0.1) is 0 Å². The van der Waals surface area contributed by atoms with E-state index in [1.807, 2.05) is 0 Å². The van der Waals surface area contributed by atoms with E-state index < -0.39 is 0 Å². The van der Waals surface area contributed by atoms with E-state index in [4.69, 9.17) is 10.5 Å². The number of nitrogens with two attached hydrogens (primary N) is 1. The van der Waals surface area contributed by atoms with Gasteiger partial charge in [-0.3, -0.25) is 0 Å². The van der Waals surface area contributed by atoms with Crippen molar-refractivity contribution in [1.29, 1.82) is 0 Å². The van der Waals surface area contributed by atoms with Crippen molar-refractivity contribution in [3.63, 3.8) is 0 Å². The third kappa shape index (κ3) is 5.50. The molecule has 0 aliphatic heterocycles. The highest BCUT2D eigenvalue weighted by Gasteiger charge is 2.41. The van der Waals surface area contributed by atoms with Crippen LogP contribution in [-0.2, 0) is 4.74 Å². The lowest BCUT2D eigenvalue weighted by Crippen LogP contribution is -2.27. The summed E-state index contributed by atoms with van der Waals surface area (Å²) in [6, 6.07) is 0.343. The normalized spacial score (nSPS) is 20.2. The zero-order valence-corrected chi connectivity index (χ0v) is 10.2. The average molecular weight is 214 g/mol. The summed E-state index contributed by atoms with van der Waals surface area (Å²) in [5.41, 5.74) is 6.27. The van der Waals surface area contributed by atoms with E-state index in [0.717, 1.165) is 26.1 Å². The number of methoxy groups -OCH3 is 1. The zero-order valence-electron chi connectivity index (χ0n) is 10.2. The molecule has 0 saturated heterocycles. The molecule has 3 N–H and O–H groups in total. The Morgan fingerprint density at radius 1 is 1.47 bits per heavy atom. The summed E-state index contributed by atoms with van der Waals surface area (Å²) in [5.74, 6) is 0. The van der Waals surface area contributed by atoms with E-state index in [1.54, 1.807) is 7.11 Å². The van der Waals surface area contributed by atoms with Crippen LogP contribution in [0.15, 0.2) is 0 Å². The molecular weight excluding hydrogens is 188 g/mol. The van der Waals surface area contributed by atoms with Gasteiger partial charge in [-0.25, -0.2) is 0 Å². The number of ether oxygens (including phenoxy) is 1. The zero-order chi connectivity index (χ0) is 11.1. The van der Waals surface area contributed by atoms with Crippen molar-refractivity contribution >= 4 is 0 Å². The standard InChI is InChI=1S/C12H26N2O/c1-11(13)4-3-8-14-10-12(5-6-12)7-9-15-2/h11,14H,3-10,13H2,1-2H3. The molecule has 0 radical (unpaired) electrons. The Morgan fingerprint density at radius 2 is 2.20 bits per heavy atom. The van der Waals surface area contributed by atoms with Crippen LogP contribution < -0.4 is 11.1 Å². The first-order valence-electron chi connectivity index (χ1n) is 6.14. The summed E-state index contributed by atoms with van der Waals surface area (Å²) in [6.45, 7) is 5.24. The molecule has 3 heteroatoms. The van der Waals surface area contributed by atoms with Crippen molar-refractivity contribution in [2.45, 2.75) is 45.1 Å². The molecule has 0 aromatic heterocycles. The summed E-state index contributed by atoms with van der Waals surface area (Å²) in [6.07, 6.45) is 6.27. The van der Waals surface area contributed by atoms with Crippen LogP contribution in [0.25, 0.3) is 0 Å². The van der Waals surface area contributed by atoms with E-state index >= 15 is 0 Å². The molecule has 15 heavy (non-hydrogen) atoms. The monoisotopic (exact) mass is 214 g/mol. The van der Waals surface area contributed by atoms with Crippen LogP contribution in [0.1, 0.15) is 39.0 Å². The predicted molar refractivity (Wildman–Crippen MR) is 63.9 cm³/mol. The molecule has 1 fully saturated rings. The predicted octanol–water partition coefficient (Wildman–Crippen LogP) is 1.52. The van der Waals surface area contributed by atoms with Crippen molar-refractivity contribution in [3.8, 4) is 0 Å². The molecule has 0 aromatic rings. The Morgan fingerprint density at radius 3 is 2.73 bits per heavy atom. The van der Waals surface area contributed by atoms with Crippen LogP contribution in [-0.4, -0.2) is 32.8 Å². The summed E-state index contributed by atoms with van der Waals surface area (Å²) >= 11 is 0. The molecule has 1 unspecified atom stereocenters. The summed E-state index contributed by atoms with van der Waals surface area (Å²) in [7, 11) is 1.78. The third-order valence-corrected chi connectivity index (χ3v) is 3.31. The van der Waals surface area contributed by atoms with Gasteiger partial charge in [0.1, 0.15) is 0 Å². The highest BCUT2D eigenvalue weighted by molar-refractivity contribution is 4.94. The van der Waals surface area contributed by atoms with Crippen molar-refractivity contribution in [2.24, 2.45) is 11.1 Å². The topological polar surface area (TPSA) is 47.3 Å². The molecule has 1 aliphatic rings. The molecule has 0 bridgehead atoms. The van der Waals surface area contributed by atoms with Gasteiger partial charge in [-0.1, -0.05) is 0 Å². The van der Waals surface area contributed by atoms with E-state index in [9.17, 15) is 0 Å². The minimum Gasteiger partial charge on any atom is -0.385 e. The second-order valence-corrected chi connectivity index (χ2v) is 5.04. The molecule has 1 rings (SSSR count). The van der Waals surface area contributed by atoms with Crippen LogP contribution in [0.2, 0.25) is 0 Å². The van der Waals surface area contributed by atoms with Crippen molar-refractivity contribution in [3.05, 3.63) is 0 Å². The van der Waals surface area contributed by atoms with Gasteiger partial charge >= 0.3 is 0 Å². The molecular formula is C12H26N2O. The Kier molecular flexibility index (Phi) is 5.58. The summed E-state index contributed by atoms with van der Waals surface area (Å²) in [5, 5.41) is 3.54. The second kappa shape index (κ2) is 6.46.